The summed E-state index contributed by atoms with van der Waals surface area (Å²) < 4.78 is 35.9. The van der Waals surface area contributed by atoms with E-state index < -0.39 is 24.3 Å². The van der Waals surface area contributed by atoms with E-state index >= 15 is 0 Å². The summed E-state index contributed by atoms with van der Waals surface area (Å²) in [5, 5.41) is 9.73. The fourth-order valence-corrected chi connectivity index (χ4v) is 2.26. The molecule has 3 N–H and O–H groups in total. The maximum atomic E-state index is 13.0. The number of phenolic OH excluding ortho intramolecular Hbond substituents is 1. The molecule has 0 aliphatic heterocycles. The molecule has 0 saturated heterocycles. The van der Waals surface area contributed by atoms with Crippen LogP contribution in [-0.4, -0.2) is 25.2 Å². The quantitative estimate of drug-likeness (QED) is 0.871. The van der Waals surface area contributed by atoms with E-state index in [2.05, 4.69) is 0 Å². The molecule has 1 aliphatic rings. The van der Waals surface area contributed by atoms with E-state index in [4.69, 9.17) is 15.2 Å². The number of halogens is 2. The molecule has 1 aliphatic carbocycles. The number of alkyl halides is 2. The highest BCUT2D eigenvalue weighted by atomic mass is 19.3. The molecular weight excluding hydrogens is 244 g/mol. The summed E-state index contributed by atoms with van der Waals surface area (Å²) in [4.78, 5) is 0. The van der Waals surface area contributed by atoms with Crippen LogP contribution in [0.15, 0.2) is 12.1 Å². The Kier molecular flexibility index (Phi) is 2.85. The summed E-state index contributed by atoms with van der Waals surface area (Å²) in [6, 6.07) is 2.93. The zero-order valence-electron chi connectivity index (χ0n) is 10.2. The van der Waals surface area contributed by atoms with E-state index in [1.54, 1.807) is 0 Å². The van der Waals surface area contributed by atoms with Crippen molar-refractivity contribution in [3.63, 3.8) is 0 Å². The normalized spacial score (nSPS) is 20.1. The maximum absolute atomic E-state index is 13.0. The SMILES string of the molecule is COc1cc(C2(N)CC(F)(F)C2)cc(OC)c1O. The number of aromatic hydroxyl groups is 1. The van der Waals surface area contributed by atoms with E-state index in [0.29, 0.717) is 5.56 Å². The van der Waals surface area contributed by atoms with Crippen molar-refractivity contribution in [1.82, 2.24) is 0 Å². The van der Waals surface area contributed by atoms with Crippen molar-refractivity contribution in [2.75, 3.05) is 14.2 Å². The Hall–Kier alpha value is -1.56. The molecule has 2 rings (SSSR count). The van der Waals surface area contributed by atoms with Crippen LogP contribution in [0.1, 0.15) is 18.4 Å². The average molecular weight is 259 g/mol. The lowest BCUT2D eigenvalue weighted by molar-refractivity contribution is -0.125. The van der Waals surface area contributed by atoms with Gasteiger partial charge in [0.1, 0.15) is 0 Å². The van der Waals surface area contributed by atoms with Crippen LogP contribution in [0.5, 0.6) is 17.2 Å². The first-order valence-electron chi connectivity index (χ1n) is 5.43. The van der Waals surface area contributed by atoms with Crippen molar-refractivity contribution >= 4 is 0 Å². The van der Waals surface area contributed by atoms with Crippen LogP contribution >= 0.6 is 0 Å². The number of phenols is 1. The van der Waals surface area contributed by atoms with Gasteiger partial charge in [-0.2, -0.15) is 0 Å². The summed E-state index contributed by atoms with van der Waals surface area (Å²) in [7, 11) is 2.74. The summed E-state index contributed by atoms with van der Waals surface area (Å²) in [5.74, 6) is -2.58. The van der Waals surface area contributed by atoms with Crippen LogP contribution in [0.3, 0.4) is 0 Å². The largest absolute Gasteiger partial charge is 0.502 e. The number of ether oxygens (including phenoxy) is 2. The lowest BCUT2D eigenvalue weighted by Crippen LogP contribution is -2.55. The summed E-state index contributed by atoms with van der Waals surface area (Å²) in [5.41, 5.74) is 5.30. The fourth-order valence-electron chi connectivity index (χ4n) is 2.26. The number of nitrogens with two attached hydrogens (primary N) is 1. The second kappa shape index (κ2) is 3.98. The summed E-state index contributed by atoms with van der Waals surface area (Å²) in [6.45, 7) is 0. The highest BCUT2D eigenvalue weighted by Gasteiger charge is 2.55. The average Bonchev–Trinajstić information content (AvgIpc) is 2.26. The molecule has 0 heterocycles. The number of benzene rings is 1. The molecule has 1 fully saturated rings. The zero-order chi connectivity index (χ0) is 13.6. The van der Waals surface area contributed by atoms with Crippen LogP contribution in [-0.2, 0) is 5.54 Å². The number of hydrogen-bond donors (Lipinski definition) is 2. The van der Waals surface area contributed by atoms with Gasteiger partial charge in [-0.05, 0) is 17.7 Å². The molecule has 0 radical (unpaired) electrons. The van der Waals surface area contributed by atoms with E-state index in [1.807, 2.05) is 0 Å². The standard InChI is InChI=1S/C12H15F2NO3/c1-17-8-3-7(4-9(18-2)10(8)16)11(15)5-12(13,14)6-11/h3-4,16H,5-6,15H2,1-2H3. The Morgan fingerprint density at radius 2 is 1.61 bits per heavy atom. The van der Waals surface area contributed by atoms with Crippen LogP contribution in [0.25, 0.3) is 0 Å². The predicted molar refractivity (Wildman–Crippen MR) is 61.3 cm³/mol. The highest BCUT2D eigenvalue weighted by Crippen LogP contribution is 2.52. The number of rotatable bonds is 3. The Morgan fingerprint density at radius 3 is 1.94 bits per heavy atom. The van der Waals surface area contributed by atoms with Gasteiger partial charge in [-0.25, -0.2) is 8.78 Å². The van der Waals surface area contributed by atoms with Crippen LogP contribution in [0.2, 0.25) is 0 Å². The lowest BCUT2D eigenvalue weighted by atomic mass is 9.70. The van der Waals surface area contributed by atoms with E-state index in [9.17, 15) is 13.9 Å². The van der Waals surface area contributed by atoms with Gasteiger partial charge < -0.3 is 20.3 Å². The number of methoxy groups -OCH3 is 2. The third-order valence-corrected chi connectivity index (χ3v) is 3.20. The second-order valence-corrected chi connectivity index (χ2v) is 4.60. The van der Waals surface area contributed by atoms with Crippen molar-refractivity contribution in [2.45, 2.75) is 24.3 Å². The fraction of sp³-hybridized carbons (Fsp3) is 0.500. The van der Waals surface area contributed by atoms with E-state index in [0.717, 1.165) is 0 Å². The van der Waals surface area contributed by atoms with Gasteiger partial charge in [-0.15, -0.1) is 0 Å². The molecule has 0 atom stereocenters. The Balaban J connectivity index is 2.41. The summed E-state index contributed by atoms with van der Waals surface area (Å²) >= 11 is 0. The minimum Gasteiger partial charge on any atom is -0.502 e. The minimum absolute atomic E-state index is 0.157. The molecule has 4 nitrogen and oxygen atoms in total. The van der Waals surface area contributed by atoms with Gasteiger partial charge in [0, 0.05) is 12.8 Å². The molecular formula is C12H15F2NO3. The predicted octanol–water partition coefficient (Wildman–Crippen LogP) is 1.99. The van der Waals surface area contributed by atoms with Gasteiger partial charge >= 0.3 is 0 Å². The van der Waals surface area contributed by atoms with Gasteiger partial charge in [-0.3, -0.25) is 0 Å². The summed E-state index contributed by atoms with van der Waals surface area (Å²) in [6.07, 6.45) is -0.839. The third kappa shape index (κ3) is 1.96. The van der Waals surface area contributed by atoms with Gasteiger partial charge in [0.15, 0.2) is 11.5 Å². The first kappa shape index (κ1) is 12.9. The monoisotopic (exact) mass is 259 g/mol. The molecule has 6 heteroatoms. The van der Waals surface area contributed by atoms with Gasteiger partial charge in [0.25, 0.3) is 5.92 Å². The van der Waals surface area contributed by atoms with Crippen molar-refractivity contribution in [2.24, 2.45) is 5.73 Å². The van der Waals surface area contributed by atoms with Gasteiger partial charge in [0.2, 0.25) is 5.75 Å². The molecule has 1 aromatic rings. The first-order chi connectivity index (χ1) is 8.31. The molecule has 0 unspecified atom stereocenters. The molecule has 0 bridgehead atoms. The van der Waals surface area contributed by atoms with Gasteiger partial charge in [-0.1, -0.05) is 0 Å². The zero-order valence-corrected chi connectivity index (χ0v) is 10.2. The van der Waals surface area contributed by atoms with Gasteiger partial charge in [0.05, 0.1) is 19.8 Å². The maximum Gasteiger partial charge on any atom is 0.252 e. The van der Waals surface area contributed by atoms with Crippen molar-refractivity contribution < 1.29 is 23.4 Å². The van der Waals surface area contributed by atoms with Crippen molar-refractivity contribution in [3.8, 4) is 17.2 Å². The molecule has 18 heavy (non-hydrogen) atoms. The topological polar surface area (TPSA) is 64.7 Å². The van der Waals surface area contributed by atoms with Crippen LogP contribution in [0, 0.1) is 0 Å². The Morgan fingerprint density at radius 1 is 1.17 bits per heavy atom. The smallest absolute Gasteiger partial charge is 0.252 e. The van der Waals surface area contributed by atoms with E-state index in [1.165, 1.54) is 26.4 Å². The minimum atomic E-state index is -2.73. The number of hydrogen-bond acceptors (Lipinski definition) is 4. The molecule has 1 saturated carbocycles. The van der Waals surface area contributed by atoms with Crippen molar-refractivity contribution in [1.29, 1.82) is 0 Å². The third-order valence-electron chi connectivity index (χ3n) is 3.20. The van der Waals surface area contributed by atoms with Crippen LogP contribution in [0.4, 0.5) is 8.78 Å². The van der Waals surface area contributed by atoms with Crippen molar-refractivity contribution in [3.05, 3.63) is 17.7 Å². The Bertz CT molecular complexity index is 443. The molecule has 1 aromatic carbocycles. The molecule has 100 valence electrons. The molecule has 0 amide bonds. The first-order valence-corrected chi connectivity index (χ1v) is 5.43. The Labute approximate surface area is 103 Å². The second-order valence-electron chi connectivity index (χ2n) is 4.60. The lowest BCUT2D eigenvalue weighted by Gasteiger charge is -2.45. The highest BCUT2D eigenvalue weighted by molar-refractivity contribution is 5.54. The van der Waals surface area contributed by atoms with E-state index in [-0.39, 0.29) is 17.2 Å². The molecule has 0 spiro atoms. The van der Waals surface area contributed by atoms with Crippen LogP contribution < -0.4 is 15.2 Å². The molecule has 0 aromatic heterocycles.